The number of aliphatic hydroxyl groups excluding tert-OH is 1. The molecular formula is C14H23NO4. The Bertz CT molecular complexity index is 366. The number of benzene rings is 1. The van der Waals surface area contributed by atoms with Crippen molar-refractivity contribution in [3.63, 3.8) is 0 Å². The SMILES string of the molecule is CCC(CO)NCc1cc(OC)c(OC)c(OC)c1. The van der Waals surface area contributed by atoms with Gasteiger partial charge < -0.3 is 24.6 Å². The molecule has 5 heteroatoms. The van der Waals surface area contributed by atoms with Crippen molar-refractivity contribution in [1.82, 2.24) is 5.32 Å². The van der Waals surface area contributed by atoms with Crippen LogP contribution in [0.4, 0.5) is 0 Å². The lowest BCUT2D eigenvalue weighted by Crippen LogP contribution is -2.31. The fourth-order valence-electron chi connectivity index (χ4n) is 1.84. The molecule has 0 aliphatic heterocycles. The summed E-state index contributed by atoms with van der Waals surface area (Å²) in [6.45, 7) is 2.79. The zero-order valence-electron chi connectivity index (χ0n) is 12.0. The molecule has 1 aromatic carbocycles. The van der Waals surface area contributed by atoms with Crippen LogP contribution >= 0.6 is 0 Å². The maximum atomic E-state index is 9.16. The number of methoxy groups -OCH3 is 3. The van der Waals surface area contributed by atoms with Crippen LogP contribution in [-0.4, -0.2) is 39.1 Å². The quantitative estimate of drug-likeness (QED) is 0.750. The van der Waals surface area contributed by atoms with Crippen LogP contribution in [0, 0.1) is 0 Å². The molecule has 1 rings (SSSR count). The van der Waals surface area contributed by atoms with Crippen LogP contribution in [0.15, 0.2) is 12.1 Å². The van der Waals surface area contributed by atoms with Crippen LogP contribution in [0.25, 0.3) is 0 Å². The van der Waals surface area contributed by atoms with Gasteiger partial charge in [-0.15, -0.1) is 0 Å². The molecule has 0 aliphatic carbocycles. The van der Waals surface area contributed by atoms with Crippen LogP contribution in [0.5, 0.6) is 17.2 Å². The highest BCUT2D eigenvalue weighted by atomic mass is 16.5. The van der Waals surface area contributed by atoms with Crippen LogP contribution < -0.4 is 19.5 Å². The van der Waals surface area contributed by atoms with Crippen LogP contribution in [0.2, 0.25) is 0 Å². The first-order valence-electron chi connectivity index (χ1n) is 6.33. The van der Waals surface area contributed by atoms with Gasteiger partial charge in [-0.25, -0.2) is 0 Å². The Morgan fingerprint density at radius 3 is 2.05 bits per heavy atom. The second-order valence-electron chi connectivity index (χ2n) is 4.20. The molecule has 1 unspecified atom stereocenters. The van der Waals surface area contributed by atoms with Crippen LogP contribution in [0.1, 0.15) is 18.9 Å². The smallest absolute Gasteiger partial charge is 0.203 e. The van der Waals surface area contributed by atoms with Gasteiger partial charge >= 0.3 is 0 Å². The fraction of sp³-hybridized carbons (Fsp3) is 0.571. The van der Waals surface area contributed by atoms with Gasteiger partial charge in [-0.05, 0) is 24.1 Å². The Hall–Kier alpha value is -1.46. The molecule has 0 aliphatic rings. The zero-order valence-corrected chi connectivity index (χ0v) is 12.0. The van der Waals surface area contributed by atoms with Gasteiger partial charge in [0.15, 0.2) is 11.5 Å². The topological polar surface area (TPSA) is 60.0 Å². The van der Waals surface area contributed by atoms with Crippen molar-refractivity contribution in [2.75, 3.05) is 27.9 Å². The molecule has 0 bridgehead atoms. The highest BCUT2D eigenvalue weighted by molar-refractivity contribution is 5.53. The van der Waals surface area contributed by atoms with Gasteiger partial charge in [0.05, 0.1) is 27.9 Å². The number of ether oxygens (including phenoxy) is 3. The first-order valence-corrected chi connectivity index (χ1v) is 6.33. The average molecular weight is 269 g/mol. The number of nitrogens with one attached hydrogen (secondary N) is 1. The Kier molecular flexibility index (Phi) is 6.45. The van der Waals surface area contributed by atoms with E-state index in [0.717, 1.165) is 12.0 Å². The molecule has 0 heterocycles. The summed E-state index contributed by atoms with van der Waals surface area (Å²) in [5, 5.41) is 12.4. The Labute approximate surface area is 114 Å². The van der Waals surface area contributed by atoms with Crippen molar-refractivity contribution in [3.8, 4) is 17.2 Å². The molecule has 1 atom stereocenters. The molecule has 0 aromatic heterocycles. The molecule has 5 nitrogen and oxygen atoms in total. The highest BCUT2D eigenvalue weighted by Gasteiger charge is 2.13. The molecule has 0 radical (unpaired) electrons. The normalized spacial score (nSPS) is 12.1. The van der Waals surface area contributed by atoms with Crippen molar-refractivity contribution in [2.24, 2.45) is 0 Å². The first-order chi connectivity index (χ1) is 9.19. The van der Waals surface area contributed by atoms with Gasteiger partial charge in [0.2, 0.25) is 5.75 Å². The zero-order chi connectivity index (χ0) is 14.3. The molecule has 0 fully saturated rings. The third kappa shape index (κ3) is 4.01. The van der Waals surface area contributed by atoms with E-state index in [-0.39, 0.29) is 12.6 Å². The fourth-order valence-corrected chi connectivity index (χ4v) is 1.84. The summed E-state index contributed by atoms with van der Waals surface area (Å²) in [5.41, 5.74) is 1.02. The summed E-state index contributed by atoms with van der Waals surface area (Å²) in [6, 6.07) is 3.90. The minimum Gasteiger partial charge on any atom is -0.493 e. The molecule has 0 saturated carbocycles. The van der Waals surface area contributed by atoms with E-state index in [1.54, 1.807) is 21.3 Å². The lowest BCUT2D eigenvalue weighted by molar-refractivity contribution is 0.238. The minimum absolute atomic E-state index is 0.0964. The summed E-state index contributed by atoms with van der Waals surface area (Å²) in [4.78, 5) is 0. The van der Waals surface area contributed by atoms with E-state index in [4.69, 9.17) is 19.3 Å². The lowest BCUT2D eigenvalue weighted by atomic mass is 10.1. The van der Waals surface area contributed by atoms with Crippen molar-refractivity contribution in [3.05, 3.63) is 17.7 Å². The minimum atomic E-state index is 0.0964. The average Bonchev–Trinajstić information content (AvgIpc) is 2.46. The molecule has 1 aromatic rings. The first kappa shape index (κ1) is 15.6. The summed E-state index contributed by atoms with van der Waals surface area (Å²) in [5.74, 6) is 1.86. The Balaban J connectivity index is 2.90. The monoisotopic (exact) mass is 269 g/mol. The second-order valence-corrected chi connectivity index (χ2v) is 4.20. The van der Waals surface area contributed by atoms with Crippen molar-refractivity contribution >= 4 is 0 Å². The third-order valence-electron chi connectivity index (χ3n) is 3.03. The van der Waals surface area contributed by atoms with Crippen molar-refractivity contribution in [2.45, 2.75) is 25.9 Å². The Morgan fingerprint density at radius 2 is 1.68 bits per heavy atom. The maximum Gasteiger partial charge on any atom is 0.203 e. The summed E-state index contributed by atoms with van der Waals surface area (Å²) in [6.07, 6.45) is 0.876. The van der Waals surface area contributed by atoms with Gasteiger partial charge in [-0.3, -0.25) is 0 Å². The number of hydrogen-bond donors (Lipinski definition) is 2. The lowest BCUT2D eigenvalue weighted by Gasteiger charge is -2.17. The maximum absolute atomic E-state index is 9.16. The summed E-state index contributed by atoms with van der Waals surface area (Å²) < 4.78 is 15.9. The van der Waals surface area contributed by atoms with E-state index in [1.807, 2.05) is 19.1 Å². The molecule has 0 amide bonds. The molecule has 19 heavy (non-hydrogen) atoms. The van der Waals surface area contributed by atoms with E-state index in [2.05, 4.69) is 5.32 Å². The number of hydrogen-bond acceptors (Lipinski definition) is 5. The molecule has 108 valence electrons. The van der Waals surface area contributed by atoms with Crippen molar-refractivity contribution < 1.29 is 19.3 Å². The molecule has 0 spiro atoms. The Morgan fingerprint density at radius 1 is 1.11 bits per heavy atom. The van der Waals surface area contributed by atoms with Crippen molar-refractivity contribution in [1.29, 1.82) is 0 Å². The van der Waals surface area contributed by atoms with E-state index in [0.29, 0.717) is 23.8 Å². The van der Waals surface area contributed by atoms with Gasteiger partial charge in [0, 0.05) is 12.6 Å². The molecule has 0 saturated heterocycles. The van der Waals surface area contributed by atoms with Crippen LogP contribution in [-0.2, 0) is 6.54 Å². The second kappa shape index (κ2) is 7.86. The predicted octanol–water partition coefficient (Wildman–Crippen LogP) is 1.57. The van der Waals surface area contributed by atoms with Gasteiger partial charge in [0.1, 0.15) is 0 Å². The highest BCUT2D eigenvalue weighted by Crippen LogP contribution is 2.38. The van der Waals surface area contributed by atoms with E-state index < -0.39 is 0 Å². The van der Waals surface area contributed by atoms with E-state index in [9.17, 15) is 0 Å². The van der Waals surface area contributed by atoms with Crippen LogP contribution in [0.3, 0.4) is 0 Å². The van der Waals surface area contributed by atoms with Gasteiger partial charge in [-0.1, -0.05) is 6.92 Å². The van der Waals surface area contributed by atoms with E-state index >= 15 is 0 Å². The van der Waals surface area contributed by atoms with E-state index in [1.165, 1.54) is 0 Å². The molecule has 2 N–H and O–H groups in total. The predicted molar refractivity (Wildman–Crippen MR) is 74.1 cm³/mol. The molecular weight excluding hydrogens is 246 g/mol. The summed E-state index contributed by atoms with van der Waals surface area (Å²) in [7, 11) is 4.77. The van der Waals surface area contributed by atoms with Gasteiger partial charge in [0.25, 0.3) is 0 Å². The third-order valence-corrected chi connectivity index (χ3v) is 3.03. The summed E-state index contributed by atoms with van der Waals surface area (Å²) >= 11 is 0. The van der Waals surface area contributed by atoms with Gasteiger partial charge in [-0.2, -0.15) is 0 Å². The number of rotatable bonds is 8. The number of aliphatic hydroxyl groups is 1. The standard InChI is InChI=1S/C14H23NO4/c1-5-11(9-16)15-8-10-6-12(17-2)14(19-4)13(7-10)18-3/h6-7,11,15-16H,5,8-9H2,1-4H3. The largest absolute Gasteiger partial charge is 0.493 e.